The monoisotopic (exact) mass is 409 g/mol. The Morgan fingerprint density at radius 1 is 1.07 bits per heavy atom. The molecule has 1 aromatic carbocycles. The summed E-state index contributed by atoms with van der Waals surface area (Å²) in [5.74, 6) is -1.17. The van der Waals surface area contributed by atoms with E-state index in [0.717, 1.165) is 16.9 Å². The molecule has 0 N–H and O–H groups in total. The molecule has 3 aromatic rings. The molecule has 8 heteroatoms. The second-order valence-electron chi connectivity index (χ2n) is 7.05. The summed E-state index contributed by atoms with van der Waals surface area (Å²) in [5, 5.41) is -0.303. The van der Waals surface area contributed by atoms with Crippen molar-refractivity contribution in [2.24, 2.45) is 0 Å². The molecule has 7 nitrogen and oxygen atoms in total. The number of fused-ring (bicyclic) bond motifs is 1. The molecule has 0 atom stereocenters. The highest BCUT2D eigenvalue weighted by molar-refractivity contribution is 7.90. The van der Waals surface area contributed by atoms with Crippen molar-refractivity contribution in [1.29, 1.82) is 0 Å². The lowest BCUT2D eigenvalue weighted by Gasteiger charge is -2.14. The number of aryl methyl sites for hydroxylation is 2. The zero-order chi connectivity index (χ0) is 20.9. The summed E-state index contributed by atoms with van der Waals surface area (Å²) in [7, 11) is -4.13. The van der Waals surface area contributed by atoms with E-state index in [-0.39, 0.29) is 10.6 Å². The number of benzene rings is 1. The van der Waals surface area contributed by atoms with Crippen LogP contribution in [0.1, 0.15) is 37.7 Å². The molecule has 2 aromatic heterocycles. The third kappa shape index (κ3) is 2.96. The Kier molecular flexibility index (Phi) is 4.38. The first-order valence-electron chi connectivity index (χ1n) is 9.03. The number of Topliss-reactive ketones (excluding diaryl/α,β-unsaturated/α-hetero) is 1. The second kappa shape index (κ2) is 6.66. The van der Waals surface area contributed by atoms with Crippen molar-refractivity contribution in [2.75, 3.05) is 6.54 Å². The van der Waals surface area contributed by atoms with Crippen LogP contribution in [0.2, 0.25) is 0 Å². The third-order valence-corrected chi connectivity index (χ3v) is 6.76. The van der Waals surface area contributed by atoms with Crippen LogP contribution in [-0.2, 0) is 10.0 Å². The van der Waals surface area contributed by atoms with E-state index >= 15 is 0 Å². The summed E-state index contributed by atoms with van der Waals surface area (Å²) in [6, 6.07) is 12.5. The fourth-order valence-corrected chi connectivity index (χ4v) is 5.06. The summed E-state index contributed by atoms with van der Waals surface area (Å²) in [5.41, 5.74) is 3.94. The van der Waals surface area contributed by atoms with E-state index in [9.17, 15) is 18.0 Å². The van der Waals surface area contributed by atoms with E-state index in [1.54, 1.807) is 13.0 Å². The van der Waals surface area contributed by atoms with Crippen LogP contribution in [-0.4, -0.2) is 40.5 Å². The largest absolute Gasteiger partial charge is 0.318 e. The molecular formula is C21H19N3O4S. The standard InChI is InChI=1S/C21H19N3O4S/c1-13-6-8-16(9-7-13)24-14(2)11-18(15(24)3)19(25)12-23-21(26)17-5-4-10-22-20(17)29(23,27)28/h4-11H,12H2,1-3H3. The molecule has 1 amide bonds. The highest BCUT2D eigenvalue weighted by Gasteiger charge is 2.43. The highest BCUT2D eigenvalue weighted by Crippen LogP contribution is 2.29. The van der Waals surface area contributed by atoms with Crippen molar-refractivity contribution in [3.8, 4) is 5.69 Å². The number of ketones is 1. The van der Waals surface area contributed by atoms with Crippen molar-refractivity contribution in [3.63, 3.8) is 0 Å². The van der Waals surface area contributed by atoms with E-state index < -0.39 is 28.3 Å². The van der Waals surface area contributed by atoms with Gasteiger partial charge in [-0.25, -0.2) is 9.29 Å². The van der Waals surface area contributed by atoms with Gasteiger partial charge in [0.15, 0.2) is 10.8 Å². The molecule has 3 heterocycles. The molecule has 0 saturated carbocycles. The van der Waals surface area contributed by atoms with Crippen molar-refractivity contribution in [1.82, 2.24) is 13.9 Å². The molecule has 0 aliphatic carbocycles. The fraction of sp³-hybridized carbons (Fsp3) is 0.190. The first-order valence-corrected chi connectivity index (χ1v) is 10.5. The van der Waals surface area contributed by atoms with Crippen molar-refractivity contribution >= 4 is 21.7 Å². The molecule has 0 spiro atoms. The number of hydrogen-bond acceptors (Lipinski definition) is 5. The van der Waals surface area contributed by atoms with E-state index in [1.807, 2.05) is 42.7 Å². The van der Waals surface area contributed by atoms with Crippen LogP contribution >= 0.6 is 0 Å². The topological polar surface area (TPSA) is 89.3 Å². The number of sulfonamides is 1. The molecule has 29 heavy (non-hydrogen) atoms. The molecule has 0 saturated heterocycles. The number of amides is 1. The van der Waals surface area contributed by atoms with Crippen LogP contribution in [0.5, 0.6) is 0 Å². The number of nitrogens with zero attached hydrogens (tertiary/aromatic N) is 3. The fourth-order valence-electron chi connectivity index (χ4n) is 3.62. The van der Waals surface area contributed by atoms with Gasteiger partial charge in [-0.05, 0) is 51.1 Å². The molecule has 0 radical (unpaired) electrons. The van der Waals surface area contributed by atoms with Crippen LogP contribution in [0.4, 0.5) is 0 Å². The number of carbonyl (C=O) groups is 2. The quantitative estimate of drug-likeness (QED) is 0.618. The number of pyridine rings is 1. The van der Waals surface area contributed by atoms with Crippen LogP contribution in [0.3, 0.4) is 0 Å². The van der Waals surface area contributed by atoms with Crippen LogP contribution in [0.25, 0.3) is 5.69 Å². The van der Waals surface area contributed by atoms with Gasteiger partial charge in [0.05, 0.1) is 5.56 Å². The molecule has 0 fully saturated rings. The average Bonchev–Trinajstić information content (AvgIpc) is 3.09. The average molecular weight is 409 g/mol. The Balaban J connectivity index is 1.68. The maximum atomic E-state index is 13.0. The molecule has 0 bridgehead atoms. The Morgan fingerprint density at radius 3 is 2.41 bits per heavy atom. The van der Waals surface area contributed by atoms with Crippen LogP contribution in [0.15, 0.2) is 53.7 Å². The first kappa shape index (κ1) is 19.1. The zero-order valence-corrected chi connectivity index (χ0v) is 17.0. The van der Waals surface area contributed by atoms with Gasteiger partial charge in [0.25, 0.3) is 15.9 Å². The number of hydrogen-bond donors (Lipinski definition) is 0. The van der Waals surface area contributed by atoms with Crippen molar-refractivity contribution in [2.45, 2.75) is 25.8 Å². The lowest BCUT2D eigenvalue weighted by molar-refractivity contribution is 0.0820. The minimum atomic E-state index is -4.13. The normalized spacial score (nSPS) is 14.9. The van der Waals surface area contributed by atoms with Gasteiger partial charge in [0.1, 0.15) is 6.54 Å². The summed E-state index contributed by atoms with van der Waals surface area (Å²) in [4.78, 5) is 29.3. The van der Waals surface area contributed by atoms with Crippen LogP contribution < -0.4 is 0 Å². The Bertz CT molecular complexity index is 1260. The third-order valence-electron chi connectivity index (χ3n) is 5.07. The van der Waals surface area contributed by atoms with Gasteiger partial charge in [-0.3, -0.25) is 9.59 Å². The van der Waals surface area contributed by atoms with Gasteiger partial charge in [0, 0.05) is 28.8 Å². The lowest BCUT2D eigenvalue weighted by Crippen LogP contribution is -2.35. The molecule has 1 aliphatic rings. The second-order valence-corrected chi connectivity index (χ2v) is 8.83. The van der Waals surface area contributed by atoms with Gasteiger partial charge in [-0.2, -0.15) is 8.42 Å². The molecule has 148 valence electrons. The lowest BCUT2D eigenvalue weighted by atomic mass is 10.1. The van der Waals surface area contributed by atoms with E-state index in [4.69, 9.17) is 0 Å². The smallest absolute Gasteiger partial charge is 0.285 e. The number of aromatic nitrogens is 2. The maximum Gasteiger partial charge on any atom is 0.285 e. The Labute approximate surface area is 168 Å². The molecule has 0 unspecified atom stereocenters. The van der Waals surface area contributed by atoms with Crippen molar-refractivity contribution < 1.29 is 18.0 Å². The summed E-state index contributed by atoms with van der Waals surface area (Å²) in [6.45, 7) is 5.11. The van der Waals surface area contributed by atoms with Crippen LogP contribution in [0, 0.1) is 20.8 Å². The van der Waals surface area contributed by atoms with E-state index in [0.29, 0.717) is 15.6 Å². The molecule has 1 aliphatic heterocycles. The minimum absolute atomic E-state index is 0.00886. The SMILES string of the molecule is Cc1ccc(-n2c(C)cc(C(=O)CN3C(=O)c4cccnc4S3(=O)=O)c2C)cc1. The predicted octanol–water partition coefficient (Wildman–Crippen LogP) is 2.82. The predicted molar refractivity (Wildman–Crippen MR) is 107 cm³/mol. The number of rotatable bonds is 4. The van der Waals surface area contributed by atoms with Gasteiger partial charge in [-0.15, -0.1) is 0 Å². The number of carbonyl (C=O) groups excluding carboxylic acids is 2. The van der Waals surface area contributed by atoms with Gasteiger partial charge in [0.2, 0.25) is 0 Å². The molecular weight excluding hydrogens is 390 g/mol. The summed E-state index contributed by atoms with van der Waals surface area (Å²) < 4.78 is 27.9. The summed E-state index contributed by atoms with van der Waals surface area (Å²) in [6.07, 6.45) is 1.31. The van der Waals surface area contributed by atoms with E-state index in [1.165, 1.54) is 18.3 Å². The summed E-state index contributed by atoms with van der Waals surface area (Å²) >= 11 is 0. The zero-order valence-electron chi connectivity index (χ0n) is 16.2. The molecule has 4 rings (SSSR count). The van der Waals surface area contributed by atoms with Crippen molar-refractivity contribution in [3.05, 3.63) is 76.7 Å². The Morgan fingerprint density at radius 2 is 1.76 bits per heavy atom. The Hall–Kier alpha value is -3.26. The van der Waals surface area contributed by atoms with Gasteiger partial charge < -0.3 is 4.57 Å². The minimum Gasteiger partial charge on any atom is -0.318 e. The van der Waals surface area contributed by atoms with Gasteiger partial charge in [-0.1, -0.05) is 17.7 Å². The van der Waals surface area contributed by atoms with Gasteiger partial charge >= 0.3 is 0 Å². The van der Waals surface area contributed by atoms with E-state index in [2.05, 4.69) is 4.98 Å². The highest BCUT2D eigenvalue weighted by atomic mass is 32.2. The first-order chi connectivity index (χ1) is 13.7. The maximum absolute atomic E-state index is 13.0.